The molecule has 0 amide bonds. The van der Waals surface area contributed by atoms with Gasteiger partial charge in [0.15, 0.2) is 0 Å². The van der Waals surface area contributed by atoms with Crippen LogP contribution < -0.4 is 0 Å². The van der Waals surface area contributed by atoms with Crippen LogP contribution in [-0.2, 0) is 9.09 Å². The summed E-state index contributed by atoms with van der Waals surface area (Å²) in [5.41, 5.74) is 0. The highest BCUT2D eigenvalue weighted by Gasteiger charge is 2.59. The van der Waals surface area contributed by atoms with E-state index in [2.05, 4.69) is 0 Å². The Balaban J connectivity index is 1.96. The zero-order valence-electron chi connectivity index (χ0n) is 9.12. The maximum atomic E-state index is 12.4. The van der Waals surface area contributed by atoms with Gasteiger partial charge in [-0.05, 0) is 67.5 Å². The van der Waals surface area contributed by atoms with Gasteiger partial charge in [-0.25, -0.2) is 0 Å². The van der Waals surface area contributed by atoms with E-state index in [0.29, 0.717) is 0 Å². The number of hydrogen-bond donors (Lipinski definition) is 0. The van der Waals surface area contributed by atoms with Gasteiger partial charge < -0.3 is 4.52 Å². The molecule has 1 atom stereocenters. The Morgan fingerprint density at radius 3 is 1.87 bits per heavy atom. The van der Waals surface area contributed by atoms with Gasteiger partial charge in [-0.2, -0.15) is 0 Å². The highest BCUT2D eigenvalue weighted by Crippen LogP contribution is 2.75. The Hall–Kier alpha value is 0.480. The Labute approximate surface area is 96.0 Å². The average Bonchev–Trinajstić information content (AvgIpc) is 2.15. The van der Waals surface area contributed by atoms with Crippen molar-refractivity contribution in [3.8, 4) is 0 Å². The minimum atomic E-state index is -2.90. The minimum Gasteiger partial charge on any atom is -0.321 e. The van der Waals surface area contributed by atoms with Crippen molar-refractivity contribution in [3.05, 3.63) is 0 Å². The molecule has 4 aliphatic rings. The number of hydrogen-bond acceptors (Lipinski definition) is 2. The molecule has 4 fully saturated rings. The lowest BCUT2D eigenvalue weighted by Gasteiger charge is -2.56. The van der Waals surface area contributed by atoms with Crippen molar-refractivity contribution in [2.45, 2.75) is 43.7 Å². The monoisotopic (exact) mass is 248 g/mol. The quantitative estimate of drug-likeness (QED) is 0.690. The molecule has 0 radical (unpaired) electrons. The first-order valence-electron chi connectivity index (χ1n) is 5.90. The van der Waals surface area contributed by atoms with Gasteiger partial charge >= 0.3 is 0 Å². The molecule has 0 aromatic carbocycles. The van der Waals surface area contributed by atoms with Gasteiger partial charge in [0.2, 0.25) is 0 Å². The molecule has 4 rings (SSSR count). The van der Waals surface area contributed by atoms with E-state index in [1.54, 1.807) is 0 Å². The van der Waals surface area contributed by atoms with E-state index in [9.17, 15) is 4.57 Å². The van der Waals surface area contributed by atoms with Crippen molar-refractivity contribution in [1.29, 1.82) is 0 Å². The molecule has 0 aliphatic heterocycles. The van der Waals surface area contributed by atoms with E-state index in [1.165, 1.54) is 26.4 Å². The summed E-state index contributed by atoms with van der Waals surface area (Å²) in [6.45, 7) is -2.90. The third kappa shape index (κ3) is 1.45. The molecular weight excluding hydrogens is 231 g/mol. The van der Waals surface area contributed by atoms with Crippen LogP contribution >= 0.6 is 18.0 Å². The first-order valence-corrected chi connectivity index (χ1v) is 8.43. The molecule has 4 saturated carbocycles. The van der Waals surface area contributed by atoms with Crippen LogP contribution in [-0.4, -0.2) is 12.3 Å². The molecule has 0 saturated heterocycles. The van der Waals surface area contributed by atoms with Gasteiger partial charge in [0.1, 0.15) is 0 Å². The largest absolute Gasteiger partial charge is 0.321 e. The highest BCUT2D eigenvalue weighted by atomic mass is 35.7. The summed E-state index contributed by atoms with van der Waals surface area (Å²) in [5, 5.41) is -0.155. The third-order valence-electron chi connectivity index (χ3n) is 4.81. The van der Waals surface area contributed by atoms with Crippen molar-refractivity contribution in [3.63, 3.8) is 0 Å². The summed E-state index contributed by atoms with van der Waals surface area (Å²) in [7, 11) is 1.51. The Morgan fingerprint density at radius 2 is 1.53 bits per heavy atom. The molecule has 0 aromatic heterocycles. The lowest BCUT2D eigenvalue weighted by Crippen LogP contribution is -2.49. The van der Waals surface area contributed by atoms with E-state index < -0.39 is 6.72 Å². The summed E-state index contributed by atoms with van der Waals surface area (Å²) in [4.78, 5) is 0. The normalized spacial score (nSPS) is 51.7. The van der Waals surface area contributed by atoms with Gasteiger partial charge in [-0.1, -0.05) is 0 Å². The molecule has 15 heavy (non-hydrogen) atoms. The van der Waals surface area contributed by atoms with Crippen LogP contribution in [0.25, 0.3) is 0 Å². The molecule has 4 aliphatic carbocycles. The van der Waals surface area contributed by atoms with Gasteiger partial charge in [0, 0.05) is 7.11 Å². The van der Waals surface area contributed by atoms with Crippen LogP contribution in [0.4, 0.5) is 0 Å². The second kappa shape index (κ2) is 3.24. The van der Waals surface area contributed by atoms with E-state index in [4.69, 9.17) is 15.8 Å². The van der Waals surface area contributed by atoms with E-state index in [-0.39, 0.29) is 5.16 Å². The molecule has 0 spiro atoms. The van der Waals surface area contributed by atoms with E-state index >= 15 is 0 Å². The van der Waals surface area contributed by atoms with Gasteiger partial charge in [-0.15, -0.1) is 0 Å². The second-order valence-electron chi connectivity index (χ2n) is 5.80. The first-order chi connectivity index (χ1) is 7.05. The Morgan fingerprint density at radius 1 is 1.13 bits per heavy atom. The lowest BCUT2D eigenvalue weighted by molar-refractivity contribution is 0.0291. The topological polar surface area (TPSA) is 26.3 Å². The Bertz CT molecular complexity index is 293. The average molecular weight is 249 g/mol. The van der Waals surface area contributed by atoms with Crippen LogP contribution in [0.2, 0.25) is 0 Å². The minimum absolute atomic E-state index is 0.155. The molecule has 2 nitrogen and oxygen atoms in total. The molecule has 0 heterocycles. The first kappa shape index (κ1) is 10.6. The van der Waals surface area contributed by atoms with Crippen molar-refractivity contribution in [2.75, 3.05) is 7.11 Å². The summed E-state index contributed by atoms with van der Waals surface area (Å²) in [5.74, 6) is 2.33. The summed E-state index contributed by atoms with van der Waals surface area (Å²) in [6.07, 6.45) is 7.19. The van der Waals surface area contributed by atoms with Crippen molar-refractivity contribution < 1.29 is 9.09 Å². The molecular formula is C11H18ClO2P. The second-order valence-corrected chi connectivity index (χ2v) is 9.41. The van der Waals surface area contributed by atoms with Crippen molar-refractivity contribution >= 4 is 18.0 Å². The molecule has 4 bridgehead atoms. The lowest BCUT2D eigenvalue weighted by atomic mass is 9.56. The zero-order chi connectivity index (χ0) is 10.7. The SMILES string of the molecule is COP(=O)(Cl)C12CC3CC(CC(C3)C1)C2. The van der Waals surface area contributed by atoms with Crippen molar-refractivity contribution in [1.82, 2.24) is 0 Å². The fourth-order valence-corrected chi connectivity index (χ4v) is 7.02. The smallest absolute Gasteiger partial charge is 0.295 e. The predicted molar refractivity (Wildman–Crippen MR) is 61.4 cm³/mol. The predicted octanol–water partition coefficient (Wildman–Crippen LogP) is 4.03. The van der Waals surface area contributed by atoms with Crippen molar-refractivity contribution in [2.24, 2.45) is 17.8 Å². The molecule has 1 unspecified atom stereocenters. The molecule has 4 heteroatoms. The fraction of sp³-hybridized carbons (Fsp3) is 1.00. The van der Waals surface area contributed by atoms with E-state index in [0.717, 1.165) is 37.0 Å². The van der Waals surface area contributed by atoms with Crippen LogP contribution in [0, 0.1) is 17.8 Å². The highest BCUT2D eigenvalue weighted by molar-refractivity contribution is 7.86. The third-order valence-corrected chi connectivity index (χ3v) is 8.45. The van der Waals surface area contributed by atoms with Crippen LogP contribution in [0.5, 0.6) is 0 Å². The van der Waals surface area contributed by atoms with Crippen LogP contribution in [0.3, 0.4) is 0 Å². The van der Waals surface area contributed by atoms with Crippen LogP contribution in [0.15, 0.2) is 0 Å². The maximum absolute atomic E-state index is 12.4. The molecule has 0 aromatic rings. The number of rotatable bonds is 2. The van der Waals surface area contributed by atoms with Gasteiger partial charge in [0.05, 0.1) is 5.16 Å². The summed E-state index contributed by atoms with van der Waals surface area (Å²) >= 11 is 6.17. The standard InChI is InChI=1S/C11H18ClO2P/c1-14-15(12,13)11-5-8-2-9(6-11)4-10(3-8)7-11/h8-10H,2-7H2,1H3. The molecule has 0 N–H and O–H groups in total. The Kier molecular flexibility index (Phi) is 2.30. The maximum Gasteiger partial charge on any atom is 0.295 e. The van der Waals surface area contributed by atoms with Gasteiger partial charge in [-0.3, -0.25) is 4.57 Å². The number of halogens is 1. The van der Waals surface area contributed by atoms with Gasteiger partial charge in [0.25, 0.3) is 6.72 Å². The molecule has 86 valence electrons. The summed E-state index contributed by atoms with van der Waals surface area (Å²) < 4.78 is 17.5. The fourth-order valence-electron chi connectivity index (χ4n) is 4.59. The van der Waals surface area contributed by atoms with Crippen LogP contribution in [0.1, 0.15) is 38.5 Å². The van der Waals surface area contributed by atoms with E-state index in [1.807, 2.05) is 0 Å². The zero-order valence-corrected chi connectivity index (χ0v) is 10.8. The summed E-state index contributed by atoms with van der Waals surface area (Å²) in [6, 6.07) is 0.